The monoisotopic (exact) mass is 260 g/mol. The Kier molecular flexibility index (Phi) is 4.20. The van der Waals surface area contributed by atoms with E-state index in [0.29, 0.717) is 0 Å². The van der Waals surface area contributed by atoms with E-state index in [0.717, 1.165) is 40.6 Å². The van der Waals surface area contributed by atoms with Crippen LogP contribution < -0.4 is 4.74 Å². The van der Waals surface area contributed by atoms with Crippen molar-refractivity contribution < 1.29 is 4.74 Å². The molecule has 0 atom stereocenters. The van der Waals surface area contributed by atoms with Gasteiger partial charge in [-0.2, -0.15) is 12.6 Å². The molecular weight excluding hydrogens is 244 g/mol. The lowest BCUT2D eigenvalue weighted by Crippen LogP contribution is -1.97. The second-order valence-electron chi connectivity index (χ2n) is 4.02. The molecule has 0 fully saturated rings. The number of ether oxygens (including phenoxy) is 1. The maximum Gasteiger partial charge on any atom is 0.129 e. The summed E-state index contributed by atoms with van der Waals surface area (Å²) >= 11 is 4.20. The molecule has 0 radical (unpaired) electrons. The third-order valence-electron chi connectivity index (χ3n) is 2.73. The van der Waals surface area contributed by atoms with Gasteiger partial charge in [0.1, 0.15) is 11.6 Å². The van der Waals surface area contributed by atoms with Crippen LogP contribution in [0.5, 0.6) is 5.75 Å². The first-order valence-corrected chi connectivity index (χ1v) is 6.45. The highest BCUT2D eigenvalue weighted by atomic mass is 32.1. The van der Waals surface area contributed by atoms with E-state index >= 15 is 0 Å². The van der Waals surface area contributed by atoms with Crippen molar-refractivity contribution in [2.45, 2.75) is 13.3 Å². The average molecular weight is 260 g/mol. The lowest BCUT2D eigenvalue weighted by atomic mass is 10.1. The van der Waals surface area contributed by atoms with Crippen LogP contribution in [0, 0.1) is 6.92 Å². The van der Waals surface area contributed by atoms with Gasteiger partial charge in [0.2, 0.25) is 0 Å². The Hall–Kier alpha value is -1.55. The lowest BCUT2D eigenvalue weighted by Gasteiger charge is -2.07. The molecular formula is C14H16N2OS. The standard InChI is InChI=1S/C14H16N2OS/c1-10-9-11(3-4-13(10)17-2)12-5-7-15-14(16-12)6-8-18/h3-5,7,9,18H,6,8H2,1-2H3. The normalized spacial score (nSPS) is 10.4. The Balaban J connectivity index is 2.36. The zero-order valence-electron chi connectivity index (χ0n) is 10.6. The van der Waals surface area contributed by atoms with Gasteiger partial charge in [0.05, 0.1) is 12.8 Å². The second-order valence-corrected chi connectivity index (χ2v) is 4.46. The Morgan fingerprint density at radius 2 is 2.11 bits per heavy atom. The van der Waals surface area contributed by atoms with Gasteiger partial charge in [-0.3, -0.25) is 0 Å². The molecule has 0 aliphatic heterocycles. The third kappa shape index (κ3) is 2.82. The fourth-order valence-corrected chi connectivity index (χ4v) is 2.02. The maximum atomic E-state index is 5.26. The number of hydrogen-bond donors (Lipinski definition) is 1. The molecule has 0 amide bonds. The molecule has 94 valence electrons. The number of methoxy groups -OCH3 is 1. The number of benzene rings is 1. The Labute approximate surface area is 113 Å². The summed E-state index contributed by atoms with van der Waals surface area (Å²) < 4.78 is 5.26. The van der Waals surface area contributed by atoms with Crippen LogP contribution in [0.3, 0.4) is 0 Å². The number of aromatic nitrogens is 2. The van der Waals surface area contributed by atoms with Crippen molar-refractivity contribution >= 4 is 12.6 Å². The van der Waals surface area contributed by atoms with Crippen molar-refractivity contribution in [3.05, 3.63) is 41.9 Å². The summed E-state index contributed by atoms with van der Waals surface area (Å²) in [6, 6.07) is 7.97. The van der Waals surface area contributed by atoms with Crippen LogP contribution in [0.25, 0.3) is 11.3 Å². The minimum Gasteiger partial charge on any atom is -0.496 e. The predicted molar refractivity (Wildman–Crippen MR) is 76.3 cm³/mol. The third-order valence-corrected chi connectivity index (χ3v) is 2.96. The quantitative estimate of drug-likeness (QED) is 0.858. The molecule has 0 N–H and O–H groups in total. The van der Waals surface area contributed by atoms with Crippen LogP contribution in [-0.4, -0.2) is 22.8 Å². The highest BCUT2D eigenvalue weighted by Gasteiger charge is 2.05. The van der Waals surface area contributed by atoms with Crippen LogP contribution in [-0.2, 0) is 6.42 Å². The molecule has 0 saturated carbocycles. The van der Waals surface area contributed by atoms with E-state index in [4.69, 9.17) is 4.74 Å². The van der Waals surface area contributed by atoms with Crippen molar-refractivity contribution in [2.75, 3.05) is 12.9 Å². The van der Waals surface area contributed by atoms with Crippen LogP contribution in [0.15, 0.2) is 30.5 Å². The van der Waals surface area contributed by atoms with Gasteiger partial charge in [-0.1, -0.05) is 0 Å². The highest BCUT2D eigenvalue weighted by Crippen LogP contribution is 2.24. The van der Waals surface area contributed by atoms with Gasteiger partial charge in [-0.15, -0.1) is 0 Å². The zero-order chi connectivity index (χ0) is 13.0. The molecule has 4 heteroatoms. The zero-order valence-corrected chi connectivity index (χ0v) is 11.4. The van der Waals surface area contributed by atoms with E-state index in [9.17, 15) is 0 Å². The number of rotatable bonds is 4. The fourth-order valence-electron chi connectivity index (χ4n) is 1.82. The molecule has 0 saturated heterocycles. The first-order valence-electron chi connectivity index (χ1n) is 5.82. The van der Waals surface area contributed by atoms with Crippen molar-refractivity contribution in [2.24, 2.45) is 0 Å². The van der Waals surface area contributed by atoms with Crippen LogP contribution in [0.4, 0.5) is 0 Å². The number of nitrogens with zero attached hydrogens (tertiary/aromatic N) is 2. The summed E-state index contributed by atoms with van der Waals surface area (Å²) in [6.07, 6.45) is 2.58. The van der Waals surface area contributed by atoms with E-state index < -0.39 is 0 Å². The van der Waals surface area contributed by atoms with Gasteiger partial charge in [0.15, 0.2) is 0 Å². The largest absolute Gasteiger partial charge is 0.496 e. The second kappa shape index (κ2) is 5.87. The van der Waals surface area contributed by atoms with E-state index in [-0.39, 0.29) is 0 Å². The summed E-state index contributed by atoms with van der Waals surface area (Å²) in [5.41, 5.74) is 3.12. The fraction of sp³-hybridized carbons (Fsp3) is 0.286. The van der Waals surface area contributed by atoms with E-state index in [1.165, 1.54) is 0 Å². The molecule has 0 aliphatic carbocycles. The molecule has 1 heterocycles. The smallest absolute Gasteiger partial charge is 0.129 e. The van der Waals surface area contributed by atoms with Gasteiger partial charge < -0.3 is 4.74 Å². The van der Waals surface area contributed by atoms with Gasteiger partial charge in [0, 0.05) is 18.2 Å². The summed E-state index contributed by atoms with van der Waals surface area (Å²) in [7, 11) is 1.68. The molecule has 0 aliphatic rings. The summed E-state index contributed by atoms with van der Waals surface area (Å²) in [5.74, 6) is 2.48. The van der Waals surface area contributed by atoms with E-state index in [1.54, 1.807) is 13.3 Å². The van der Waals surface area contributed by atoms with Crippen LogP contribution >= 0.6 is 12.6 Å². The summed E-state index contributed by atoms with van der Waals surface area (Å²) in [6.45, 7) is 2.03. The molecule has 0 bridgehead atoms. The Bertz CT molecular complexity index is 543. The summed E-state index contributed by atoms with van der Waals surface area (Å²) in [4.78, 5) is 8.75. The van der Waals surface area contributed by atoms with Crippen LogP contribution in [0.2, 0.25) is 0 Å². The first kappa shape index (κ1) is 12.9. The molecule has 0 unspecified atom stereocenters. The lowest BCUT2D eigenvalue weighted by molar-refractivity contribution is 0.412. The first-order chi connectivity index (χ1) is 8.74. The molecule has 2 rings (SSSR count). The van der Waals surface area contributed by atoms with Crippen molar-refractivity contribution in [1.29, 1.82) is 0 Å². The van der Waals surface area contributed by atoms with Gasteiger partial charge >= 0.3 is 0 Å². The number of aryl methyl sites for hydroxylation is 2. The maximum absolute atomic E-state index is 5.26. The minimum absolute atomic E-state index is 0.755. The molecule has 0 spiro atoms. The van der Waals surface area contributed by atoms with Gasteiger partial charge in [0.25, 0.3) is 0 Å². The number of hydrogen-bond acceptors (Lipinski definition) is 4. The minimum atomic E-state index is 0.755. The van der Waals surface area contributed by atoms with Crippen LogP contribution in [0.1, 0.15) is 11.4 Å². The molecule has 2 aromatic rings. The van der Waals surface area contributed by atoms with Gasteiger partial charge in [-0.25, -0.2) is 9.97 Å². The molecule has 18 heavy (non-hydrogen) atoms. The molecule has 1 aromatic carbocycles. The van der Waals surface area contributed by atoms with Crippen molar-refractivity contribution in [3.63, 3.8) is 0 Å². The molecule has 3 nitrogen and oxygen atoms in total. The topological polar surface area (TPSA) is 35.0 Å². The van der Waals surface area contributed by atoms with Crippen molar-refractivity contribution in [3.8, 4) is 17.0 Å². The molecule has 1 aromatic heterocycles. The van der Waals surface area contributed by atoms with Crippen molar-refractivity contribution in [1.82, 2.24) is 9.97 Å². The van der Waals surface area contributed by atoms with Gasteiger partial charge in [-0.05, 0) is 42.5 Å². The average Bonchev–Trinajstić information content (AvgIpc) is 2.39. The van der Waals surface area contributed by atoms with E-state index in [2.05, 4.69) is 28.7 Å². The Morgan fingerprint density at radius 1 is 1.28 bits per heavy atom. The number of thiol groups is 1. The predicted octanol–water partition coefficient (Wildman–Crippen LogP) is 2.93. The Morgan fingerprint density at radius 3 is 2.78 bits per heavy atom. The van der Waals surface area contributed by atoms with E-state index in [1.807, 2.05) is 25.1 Å². The summed E-state index contributed by atoms with van der Waals surface area (Å²) in [5, 5.41) is 0. The highest BCUT2D eigenvalue weighted by molar-refractivity contribution is 7.80. The SMILES string of the molecule is COc1ccc(-c2ccnc(CCS)n2)cc1C.